The maximum Gasteiger partial charge on any atom is 0.420 e. The Morgan fingerprint density at radius 2 is 1.62 bits per heavy atom. The number of benzene rings is 3. The maximum atomic E-state index is 13.4. The van der Waals surface area contributed by atoms with Gasteiger partial charge in [-0.05, 0) is 48.0 Å². The first-order valence-electron chi connectivity index (χ1n) is 7.84. The molecule has 0 bridgehead atoms. The van der Waals surface area contributed by atoms with Crippen molar-refractivity contribution in [3.8, 4) is 11.5 Å². The minimum atomic E-state index is -4.57. The van der Waals surface area contributed by atoms with E-state index in [1.54, 1.807) is 42.5 Å². The van der Waals surface area contributed by atoms with Gasteiger partial charge in [0.05, 0.1) is 0 Å². The molecule has 0 aliphatic carbocycles. The predicted octanol–water partition coefficient (Wildman–Crippen LogP) is 6.25. The maximum absolute atomic E-state index is 13.4. The van der Waals surface area contributed by atoms with Gasteiger partial charge in [0, 0.05) is 12.2 Å². The van der Waals surface area contributed by atoms with E-state index in [1.165, 1.54) is 24.3 Å². The third-order valence-corrected chi connectivity index (χ3v) is 3.64. The van der Waals surface area contributed by atoms with Gasteiger partial charge in [-0.1, -0.05) is 30.3 Å². The van der Waals surface area contributed by atoms with E-state index < -0.39 is 17.6 Å². The van der Waals surface area contributed by atoms with E-state index in [4.69, 9.17) is 4.74 Å². The van der Waals surface area contributed by atoms with Gasteiger partial charge in [0.1, 0.15) is 22.9 Å². The number of rotatable bonds is 5. The SMILES string of the molecule is Fc1cccc(CNc2ccc(Oc3ccccc3)c(C(F)(F)F)c2)c1. The summed E-state index contributed by atoms with van der Waals surface area (Å²) in [6.45, 7) is 0.202. The highest BCUT2D eigenvalue weighted by Gasteiger charge is 2.35. The van der Waals surface area contributed by atoms with Crippen LogP contribution < -0.4 is 10.1 Å². The number of hydrogen-bond acceptors (Lipinski definition) is 2. The number of para-hydroxylation sites is 1. The van der Waals surface area contributed by atoms with Crippen molar-refractivity contribution in [2.75, 3.05) is 5.32 Å². The van der Waals surface area contributed by atoms with Gasteiger partial charge in [-0.15, -0.1) is 0 Å². The molecule has 26 heavy (non-hydrogen) atoms. The molecule has 0 aliphatic rings. The van der Waals surface area contributed by atoms with Gasteiger partial charge in [-0.3, -0.25) is 0 Å². The zero-order valence-corrected chi connectivity index (χ0v) is 13.6. The first kappa shape index (κ1) is 17.8. The van der Waals surface area contributed by atoms with Crippen LogP contribution in [0.4, 0.5) is 23.2 Å². The zero-order chi connectivity index (χ0) is 18.6. The monoisotopic (exact) mass is 361 g/mol. The van der Waals surface area contributed by atoms with E-state index in [0.29, 0.717) is 11.3 Å². The molecule has 0 amide bonds. The second-order valence-electron chi connectivity index (χ2n) is 5.61. The molecule has 0 aromatic heterocycles. The summed E-state index contributed by atoms with van der Waals surface area (Å²) in [5, 5.41) is 2.87. The van der Waals surface area contributed by atoms with Crippen LogP contribution in [0, 0.1) is 5.82 Å². The number of alkyl halides is 3. The van der Waals surface area contributed by atoms with Crippen LogP contribution in [0.1, 0.15) is 11.1 Å². The van der Waals surface area contributed by atoms with Crippen molar-refractivity contribution in [2.45, 2.75) is 12.7 Å². The lowest BCUT2D eigenvalue weighted by Crippen LogP contribution is -2.09. The Hall–Kier alpha value is -3.02. The summed E-state index contributed by atoms with van der Waals surface area (Å²) in [6.07, 6.45) is -4.57. The average molecular weight is 361 g/mol. The van der Waals surface area contributed by atoms with Gasteiger partial charge in [0.25, 0.3) is 0 Å². The third-order valence-electron chi connectivity index (χ3n) is 3.64. The van der Waals surface area contributed by atoms with Crippen LogP contribution in [-0.4, -0.2) is 0 Å². The van der Waals surface area contributed by atoms with Gasteiger partial charge in [-0.25, -0.2) is 4.39 Å². The molecular weight excluding hydrogens is 346 g/mol. The lowest BCUT2D eigenvalue weighted by molar-refractivity contribution is -0.138. The van der Waals surface area contributed by atoms with E-state index in [0.717, 1.165) is 6.07 Å². The Morgan fingerprint density at radius 1 is 0.846 bits per heavy atom. The number of anilines is 1. The molecule has 2 nitrogen and oxygen atoms in total. The Morgan fingerprint density at radius 3 is 2.31 bits per heavy atom. The Balaban J connectivity index is 1.82. The Labute approximate surface area is 148 Å². The largest absolute Gasteiger partial charge is 0.457 e. The molecule has 0 spiro atoms. The van der Waals surface area contributed by atoms with Crippen LogP contribution in [-0.2, 0) is 12.7 Å². The number of halogens is 4. The van der Waals surface area contributed by atoms with Crippen molar-refractivity contribution in [2.24, 2.45) is 0 Å². The molecule has 3 rings (SSSR count). The standard InChI is InChI=1S/C20H15F4NO/c21-15-6-4-5-14(11-15)13-25-16-9-10-19(18(12-16)20(22,23)24)26-17-7-2-1-3-8-17/h1-12,25H,13H2. The van der Waals surface area contributed by atoms with Crippen molar-refractivity contribution in [1.29, 1.82) is 0 Å². The first-order chi connectivity index (χ1) is 12.4. The van der Waals surface area contributed by atoms with Crippen molar-refractivity contribution in [3.05, 3.63) is 89.7 Å². The zero-order valence-electron chi connectivity index (χ0n) is 13.6. The first-order valence-corrected chi connectivity index (χ1v) is 7.84. The molecule has 0 atom stereocenters. The average Bonchev–Trinajstić information content (AvgIpc) is 2.61. The van der Waals surface area contributed by atoms with Crippen LogP contribution in [0.3, 0.4) is 0 Å². The van der Waals surface area contributed by atoms with Crippen molar-refractivity contribution >= 4 is 5.69 Å². The summed E-state index contributed by atoms with van der Waals surface area (Å²) in [7, 11) is 0. The Kier molecular flexibility index (Phi) is 5.11. The number of nitrogens with one attached hydrogen (secondary N) is 1. The second kappa shape index (κ2) is 7.47. The molecule has 0 radical (unpaired) electrons. The third kappa shape index (κ3) is 4.53. The fourth-order valence-electron chi connectivity index (χ4n) is 2.42. The van der Waals surface area contributed by atoms with Crippen molar-refractivity contribution < 1.29 is 22.3 Å². The van der Waals surface area contributed by atoms with Gasteiger partial charge in [0.2, 0.25) is 0 Å². The molecule has 0 aliphatic heterocycles. The quantitative estimate of drug-likeness (QED) is 0.543. The molecule has 134 valence electrons. The van der Waals surface area contributed by atoms with E-state index in [1.807, 2.05) is 0 Å². The molecule has 0 heterocycles. The lowest BCUT2D eigenvalue weighted by atomic mass is 10.1. The van der Waals surface area contributed by atoms with E-state index >= 15 is 0 Å². The molecule has 3 aromatic rings. The van der Waals surface area contributed by atoms with Gasteiger partial charge in [-0.2, -0.15) is 13.2 Å². The highest BCUT2D eigenvalue weighted by molar-refractivity contribution is 5.53. The summed E-state index contributed by atoms with van der Waals surface area (Å²) in [6, 6.07) is 17.9. The topological polar surface area (TPSA) is 21.3 Å². The number of hydrogen-bond donors (Lipinski definition) is 1. The van der Waals surface area contributed by atoms with E-state index in [-0.39, 0.29) is 18.0 Å². The molecule has 3 aromatic carbocycles. The molecular formula is C20H15F4NO. The lowest BCUT2D eigenvalue weighted by Gasteiger charge is -2.16. The summed E-state index contributed by atoms with van der Waals surface area (Å²) in [5.74, 6) is -0.356. The van der Waals surface area contributed by atoms with Crippen molar-refractivity contribution in [1.82, 2.24) is 0 Å². The van der Waals surface area contributed by atoms with Crippen molar-refractivity contribution in [3.63, 3.8) is 0 Å². The molecule has 6 heteroatoms. The molecule has 1 N–H and O–H groups in total. The van der Waals surface area contributed by atoms with Crippen LogP contribution in [0.5, 0.6) is 11.5 Å². The molecule has 0 saturated heterocycles. The van der Waals surface area contributed by atoms with Crippen LogP contribution in [0.25, 0.3) is 0 Å². The van der Waals surface area contributed by atoms with Gasteiger partial charge in [0.15, 0.2) is 0 Å². The second-order valence-corrected chi connectivity index (χ2v) is 5.61. The van der Waals surface area contributed by atoms with Crippen LogP contribution in [0.2, 0.25) is 0 Å². The normalized spacial score (nSPS) is 11.2. The smallest absolute Gasteiger partial charge is 0.420 e. The predicted molar refractivity (Wildman–Crippen MR) is 91.7 cm³/mol. The fraction of sp³-hybridized carbons (Fsp3) is 0.100. The van der Waals surface area contributed by atoms with Gasteiger partial charge < -0.3 is 10.1 Å². The molecule has 0 unspecified atom stereocenters. The van der Waals surface area contributed by atoms with Crippen LogP contribution in [0.15, 0.2) is 72.8 Å². The minimum Gasteiger partial charge on any atom is -0.457 e. The summed E-state index contributed by atoms with van der Waals surface area (Å²) in [5.41, 5.74) is 0.00997. The molecule has 0 fully saturated rings. The van der Waals surface area contributed by atoms with Crippen LogP contribution >= 0.6 is 0 Å². The number of ether oxygens (including phenoxy) is 1. The highest BCUT2D eigenvalue weighted by Crippen LogP contribution is 2.39. The Bertz CT molecular complexity index is 878. The van der Waals surface area contributed by atoms with Gasteiger partial charge >= 0.3 is 6.18 Å². The minimum absolute atomic E-state index is 0.202. The summed E-state index contributed by atoms with van der Waals surface area (Å²) < 4.78 is 58.7. The van der Waals surface area contributed by atoms with E-state index in [9.17, 15) is 17.6 Å². The fourth-order valence-corrected chi connectivity index (χ4v) is 2.42. The summed E-state index contributed by atoms with van der Waals surface area (Å²) >= 11 is 0. The highest BCUT2D eigenvalue weighted by atomic mass is 19.4. The molecule has 0 saturated carbocycles. The van der Waals surface area contributed by atoms with E-state index in [2.05, 4.69) is 5.32 Å². The summed E-state index contributed by atoms with van der Waals surface area (Å²) in [4.78, 5) is 0.